The molecule has 0 aliphatic rings. The summed E-state index contributed by atoms with van der Waals surface area (Å²) in [6.45, 7) is 3.32. The van der Waals surface area contributed by atoms with Crippen LogP contribution in [0, 0.1) is 0 Å². The summed E-state index contributed by atoms with van der Waals surface area (Å²) in [6, 6.07) is 15.4. The van der Waals surface area contributed by atoms with Crippen LogP contribution < -0.4 is 5.32 Å². The van der Waals surface area contributed by atoms with E-state index >= 15 is 0 Å². The Morgan fingerprint density at radius 3 is 2.25 bits per heavy atom. The van der Waals surface area contributed by atoms with Gasteiger partial charge in [-0.15, -0.1) is 0 Å². The van der Waals surface area contributed by atoms with E-state index in [-0.39, 0.29) is 18.0 Å². The van der Waals surface area contributed by atoms with E-state index in [9.17, 15) is 14.4 Å². The Bertz CT molecular complexity index is 740. The molecule has 5 heteroatoms. The highest BCUT2D eigenvalue weighted by atomic mass is 16.5. The zero-order chi connectivity index (χ0) is 17.5. The summed E-state index contributed by atoms with van der Waals surface area (Å²) in [5, 5.41) is 2.67. The molecule has 0 saturated heterocycles. The van der Waals surface area contributed by atoms with E-state index in [1.165, 1.54) is 6.92 Å². The van der Waals surface area contributed by atoms with E-state index in [1.807, 2.05) is 6.07 Å². The van der Waals surface area contributed by atoms with Crippen molar-refractivity contribution in [3.05, 3.63) is 65.7 Å². The Hall–Kier alpha value is -2.95. The van der Waals surface area contributed by atoms with Gasteiger partial charge in [0.05, 0.1) is 17.9 Å². The van der Waals surface area contributed by atoms with Crippen molar-refractivity contribution in [3.63, 3.8) is 0 Å². The molecule has 0 fully saturated rings. The number of amides is 1. The Morgan fingerprint density at radius 1 is 1.00 bits per heavy atom. The average Bonchev–Trinajstić information content (AvgIpc) is 2.56. The van der Waals surface area contributed by atoms with Crippen LogP contribution in [0.2, 0.25) is 0 Å². The molecule has 24 heavy (non-hydrogen) atoms. The normalized spacial score (nSPS) is 11.4. The van der Waals surface area contributed by atoms with Crippen LogP contribution in [0.5, 0.6) is 0 Å². The lowest BCUT2D eigenvalue weighted by atomic mass is 9.94. The minimum Gasteiger partial charge on any atom is -0.462 e. The van der Waals surface area contributed by atoms with Crippen molar-refractivity contribution in [2.45, 2.75) is 19.8 Å². The minimum atomic E-state index is -0.929. The van der Waals surface area contributed by atoms with E-state index in [0.29, 0.717) is 11.3 Å². The summed E-state index contributed by atoms with van der Waals surface area (Å²) >= 11 is 0. The lowest BCUT2D eigenvalue weighted by Gasteiger charge is -2.16. The quantitative estimate of drug-likeness (QED) is 0.654. The minimum absolute atomic E-state index is 0.237. The molecular formula is C19H19NO4. The average molecular weight is 325 g/mol. The first-order chi connectivity index (χ1) is 11.5. The smallest absolute Gasteiger partial charge is 0.340 e. The van der Waals surface area contributed by atoms with Gasteiger partial charge >= 0.3 is 5.97 Å². The zero-order valence-electron chi connectivity index (χ0n) is 13.6. The highest BCUT2D eigenvalue weighted by Gasteiger charge is 2.26. The molecule has 0 radical (unpaired) electrons. The van der Waals surface area contributed by atoms with E-state index in [1.54, 1.807) is 55.5 Å². The fourth-order valence-electron chi connectivity index (χ4n) is 2.40. The van der Waals surface area contributed by atoms with Crippen LogP contribution in [-0.4, -0.2) is 24.3 Å². The molecule has 0 aliphatic carbocycles. The van der Waals surface area contributed by atoms with Gasteiger partial charge in [-0.2, -0.15) is 0 Å². The highest BCUT2D eigenvalue weighted by molar-refractivity contribution is 6.12. The van der Waals surface area contributed by atoms with Gasteiger partial charge in [-0.1, -0.05) is 42.5 Å². The lowest BCUT2D eigenvalue weighted by molar-refractivity contribution is -0.126. The van der Waals surface area contributed by atoms with E-state index in [2.05, 4.69) is 5.32 Å². The third-order valence-electron chi connectivity index (χ3n) is 3.48. The first-order valence-corrected chi connectivity index (χ1v) is 7.67. The van der Waals surface area contributed by atoms with Crippen LogP contribution in [-0.2, 0) is 14.3 Å². The van der Waals surface area contributed by atoms with Crippen LogP contribution in [0.3, 0.4) is 0 Å². The van der Waals surface area contributed by atoms with Crippen LogP contribution in [0.15, 0.2) is 54.6 Å². The number of hydrogen-bond acceptors (Lipinski definition) is 4. The van der Waals surface area contributed by atoms with Crippen molar-refractivity contribution in [2.75, 3.05) is 11.9 Å². The molecule has 0 aliphatic heterocycles. The van der Waals surface area contributed by atoms with Gasteiger partial charge in [-0.25, -0.2) is 4.79 Å². The van der Waals surface area contributed by atoms with Crippen LogP contribution in [0.4, 0.5) is 5.69 Å². The van der Waals surface area contributed by atoms with E-state index in [0.717, 1.165) is 0 Å². The topological polar surface area (TPSA) is 72.5 Å². The number of carbonyl (C=O) groups is 3. The summed E-state index contributed by atoms with van der Waals surface area (Å²) in [7, 11) is 0. The van der Waals surface area contributed by atoms with Gasteiger partial charge in [0.15, 0.2) is 0 Å². The van der Waals surface area contributed by atoms with Crippen molar-refractivity contribution in [1.82, 2.24) is 0 Å². The molecule has 0 aromatic heterocycles. The number of ketones is 1. The summed E-state index contributed by atoms with van der Waals surface area (Å²) < 4.78 is 4.99. The molecule has 1 amide bonds. The molecule has 2 rings (SSSR count). The number of esters is 1. The summed E-state index contributed by atoms with van der Waals surface area (Å²) in [5.41, 5.74) is 1.18. The molecule has 2 aromatic carbocycles. The first-order valence-electron chi connectivity index (χ1n) is 7.67. The van der Waals surface area contributed by atoms with Crippen molar-refractivity contribution >= 4 is 23.3 Å². The molecule has 1 N–H and O–H groups in total. The van der Waals surface area contributed by atoms with Crippen LogP contribution >= 0.6 is 0 Å². The monoisotopic (exact) mass is 325 g/mol. The van der Waals surface area contributed by atoms with Crippen molar-refractivity contribution in [2.24, 2.45) is 0 Å². The zero-order valence-corrected chi connectivity index (χ0v) is 13.6. The second kappa shape index (κ2) is 8.06. The lowest BCUT2D eigenvalue weighted by Crippen LogP contribution is -2.27. The molecule has 2 aromatic rings. The van der Waals surface area contributed by atoms with Gasteiger partial charge in [-0.3, -0.25) is 9.59 Å². The summed E-state index contributed by atoms with van der Waals surface area (Å²) in [4.78, 5) is 36.5. The van der Waals surface area contributed by atoms with Gasteiger partial charge < -0.3 is 10.1 Å². The fraction of sp³-hybridized carbons (Fsp3) is 0.211. The Kier molecular flexibility index (Phi) is 5.84. The number of hydrogen-bond donors (Lipinski definition) is 1. The Morgan fingerprint density at radius 2 is 1.62 bits per heavy atom. The van der Waals surface area contributed by atoms with Gasteiger partial charge in [0.1, 0.15) is 11.7 Å². The summed E-state index contributed by atoms with van der Waals surface area (Å²) in [5.74, 6) is -2.20. The number of Topliss-reactive ketones (excluding diaryl/α,β-unsaturated/α-hetero) is 1. The number of ether oxygens (including phenoxy) is 1. The van der Waals surface area contributed by atoms with Crippen LogP contribution in [0.25, 0.3) is 0 Å². The predicted octanol–water partition coefficient (Wildman–Crippen LogP) is 3.17. The summed E-state index contributed by atoms with van der Waals surface area (Å²) in [6.07, 6.45) is 0. The number of benzene rings is 2. The SMILES string of the molecule is CCOC(=O)c1ccccc1NC(=O)C(C(C)=O)c1ccccc1. The van der Waals surface area contributed by atoms with E-state index in [4.69, 9.17) is 4.74 Å². The molecule has 0 bridgehead atoms. The van der Waals surface area contributed by atoms with Crippen molar-refractivity contribution in [3.8, 4) is 0 Å². The number of carbonyl (C=O) groups excluding carboxylic acids is 3. The number of rotatable bonds is 6. The predicted molar refractivity (Wildman–Crippen MR) is 90.9 cm³/mol. The van der Waals surface area contributed by atoms with Crippen LogP contribution in [0.1, 0.15) is 35.7 Å². The Balaban J connectivity index is 2.28. The van der Waals surface area contributed by atoms with Gasteiger partial charge in [-0.05, 0) is 31.5 Å². The van der Waals surface area contributed by atoms with Gasteiger partial charge in [0, 0.05) is 0 Å². The molecule has 0 spiro atoms. The van der Waals surface area contributed by atoms with E-state index < -0.39 is 17.8 Å². The maximum atomic E-state index is 12.6. The first kappa shape index (κ1) is 17.4. The maximum absolute atomic E-state index is 12.6. The second-order valence-corrected chi connectivity index (χ2v) is 5.21. The molecule has 124 valence electrons. The largest absolute Gasteiger partial charge is 0.462 e. The third kappa shape index (κ3) is 4.07. The Labute approximate surface area is 140 Å². The molecule has 5 nitrogen and oxygen atoms in total. The molecule has 0 heterocycles. The number of nitrogens with one attached hydrogen (secondary N) is 1. The standard InChI is InChI=1S/C19H19NO4/c1-3-24-19(23)15-11-7-8-12-16(15)20-18(22)17(13(2)21)14-9-5-4-6-10-14/h4-12,17H,3H2,1-2H3,(H,20,22). The molecule has 1 unspecified atom stereocenters. The molecule has 1 atom stereocenters. The van der Waals surface area contributed by atoms with Crippen molar-refractivity contribution < 1.29 is 19.1 Å². The molecule has 0 saturated carbocycles. The number of anilines is 1. The van der Waals surface area contributed by atoms with Gasteiger partial charge in [0.25, 0.3) is 0 Å². The highest BCUT2D eigenvalue weighted by Crippen LogP contribution is 2.22. The van der Waals surface area contributed by atoms with Gasteiger partial charge in [0.2, 0.25) is 5.91 Å². The molecular weight excluding hydrogens is 306 g/mol. The number of para-hydroxylation sites is 1. The van der Waals surface area contributed by atoms with Crippen molar-refractivity contribution in [1.29, 1.82) is 0 Å². The maximum Gasteiger partial charge on any atom is 0.340 e. The third-order valence-corrected chi connectivity index (χ3v) is 3.48. The second-order valence-electron chi connectivity index (χ2n) is 5.21. The fourth-order valence-corrected chi connectivity index (χ4v) is 2.40.